The quantitative estimate of drug-likeness (QED) is 0.749. The molecule has 0 fully saturated rings. The number of hydrogen-bond acceptors (Lipinski definition) is 7. The third kappa shape index (κ3) is 4.20. The Labute approximate surface area is 155 Å². The number of nitrogens with two attached hydrogens (primary N) is 1. The van der Waals surface area contributed by atoms with Crippen LogP contribution in [0.4, 0.5) is 10.7 Å². The van der Waals surface area contributed by atoms with Gasteiger partial charge in [0.25, 0.3) is 5.91 Å². The minimum Gasteiger partial charge on any atom is -0.462 e. The van der Waals surface area contributed by atoms with E-state index in [0.717, 1.165) is 11.3 Å². The van der Waals surface area contributed by atoms with E-state index < -0.39 is 17.8 Å². The van der Waals surface area contributed by atoms with Gasteiger partial charge in [-0.15, -0.1) is 11.3 Å². The van der Waals surface area contributed by atoms with Crippen LogP contribution in [0.5, 0.6) is 0 Å². The molecule has 1 amide bonds. The lowest BCUT2D eigenvalue weighted by Gasteiger charge is -2.07. The summed E-state index contributed by atoms with van der Waals surface area (Å²) in [7, 11) is 0. The van der Waals surface area contributed by atoms with Gasteiger partial charge < -0.3 is 20.5 Å². The molecule has 1 heterocycles. The van der Waals surface area contributed by atoms with Gasteiger partial charge in [-0.05, 0) is 44.5 Å². The smallest absolute Gasteiger partial charge is 0.341 e. The first-order valence-electron chi connectivity index (χ1n) is 8.03. The Morgan fingerprint density at radius 2 is 1.77 bits per heavy atom. The van der Waals surface area contributed by atoms with Crippen LogP contribution in [0.15, 0.2) is 24.3 Å². The number of ether oxygens (including phenoxy) is 2. The number of benzene rings is 1. The minimum absolute atomic E-state index is 0.210. The minimum atomic E-state index is -0.554. The van der Waals surface area contributed by atoms with Gasteiger partial charge in [-0.2, -0.15) is 0 Å². The van der Waals surface area contributed by atoms with Crippen molar-refractivity contribution < 1.29 is 23.9 Å². The van der Waals surface area contributed by atoms with Gasteiger partial charge in [-0.1, -0.05) is 6.07 Å². The lowest BCUT2D eigenvalue weighted by atomic mass is 10.1. The molecule has 0 atom stereocenters. The first-order chi connectivity index (χ1) is 12.4. The van der Waals surface area contributed by atoms with Gasteiger partial charge in [-0.25, -0.2) is 9.59 Å². The standard InChI is InChI=1S/C18H20N2O5S/c1-4-24-17(22)11-7-6-8-12(9-11)20-16(21)14-10(3)13(15(19)26-14)18(23)25-5-2/h6-9H,4-5,19H2,1-3H3,(H,20,21). The molecule has 138 valence electrons. The van der Waals surface area contributed by atoms with E-state index in [0.29, 0.717) is 21.7 Å². The van der Waals surface area contributed by atoms with Crippen molar-refractivity contribution in [2.75, 3.05) is 24.3 Å². The molecule has 3 N–H and O–H groups in total. The third-order valence-electron chi connectivity index (χ3n) is 3.49. The Morgan fingerprint density at radius 3 is 2.42 bits per heavy atom. The van der Waals surface area contributed by atoms with Crippen LogP contribution in [0.3, 0.4) is 0 Å². The molecule has 0 aliphatic heterocycles. The predicted octanol–water partition coefficient (Wildman–Crippen LogP) is 3.24. The molecule has 1 aromatic heterocycles. The van der Waals surface area contributed by atoms with Crippen LogP contribution in [0, 0.1) is 6.92 Å². The van der Waals surface area contributed by atoms with Crippen molar-refractivity contribution in [3.05, 3.63) is 45.8 Å². The largest absolute Gasteiger partial charge is 0.462 e. The average Bonchev–Trinajstić information content (AvgIpc) is 2.90. The molecule has 1 aromatic carbocycles. The Morgan fingerprint density at radius 1 is 1.12 bits per heavy atom. The Kier molecular flexibility index (Phi) is 6.35. The molecule has 0 spiro atoms. The molecular weight excluding hydrogens is 356 g/mol. The predicted molar refractivity (Wildman–Crippen MR) is 99.8 cm³/mol. The number of nitrogen functional groups attached to an aromatic ring is 1. The number of rotatable bonds is 6. The van der Waals surface area contributed by atoms with Crippen LogP contribution in [0.2, 0.25) is 0 Å². The zero-order valence-corrected chi connectivity index (χ0v) is 15.6. The molecule has 2 aromatic rings. The maximum atomic E-state index is 12.6. The fourth-order valence-electron chi connectivity index (χ4n) is 2.34. The van der Waals surface area contributed by atoms with Crippen molar-refractivity contribution in [2.45, 2.75) is 20.8 Å². The van der Waals surface area contributed by atoms with Gasteiger partial charge in [0, 0.05) is 5.69 Å². The number of nitrogens with one attached hydrogen (secondary N) is 1. The highest BCUT2D eigenvalue weighted by Gasteiger charge is 2.24. The number of hydrogen-bond donors (Lipinski definition) is 2. The molecule has 0 saturated heterocycles. The van der Waals surface area contributed by atoms with Gasteiger partial charge in [0.2, 0.25) is 0 Å². The molecule has 26 heavy (non-hydrogen) atoms. The first-order valence-corrected chi connectivity index (χ1v) is 8.85. The van der Waals surface area contributed by atoms with Crippen LogP contribution in [-0.4, -0.2) is 31.1 Å². The van der Waals surface area contributed by atoms with E-state index in [1.54, 1.807) is 39.0 Å². The van der Waals surface area contributed by atoms with Gasteiger partial charge in [-0.3, -0.25) is 4.79 Å². The normalized spacial score (nSPS) is 10.3. The molecule has 8 heteroatoms. The third-order valence-corrected chi connectivity index (χ3v) is 4.61. The zero-order chi connectivity index (χ0) is 19.3. The highest BCUT2D eigenvalue weighted by molar-refractivity contribution is 7.18. The van der Waals surface area contributed by atoms with Crippen molar-refractivity contribution in [1.82, 2.24) is 0 Å². The monoisotopic (exact) mass is 376 g/mol. The molecular formula is C18H20N2O5S. The molecule has 7 nitrogen and oxygen atoms in total. The summed E-state index contributed by atoms with van der Waals surface area (Å²) in [5.41, 5.74) is 7.32. The van der Waals surface area contributed by atoms with Crippen LogP contribution in [0.1, 0.15) is 49.8 Å². The SMILES string of the molecule is CCOC(=O)c1cccc(NC(=O)c2sc(N)c(C(=O)OCC)c2C)c1. The van der Waals surface area contributed by atoms with Gasteiger partial charge >= 0.3 is 11.9 Å². The number of anilines is 2. The summed E-state index contributed by atoms with van der Waals surface area (Å²) in [6.45, 7) is 5.53. The highest BCUT2D eigenvalue weighted by atomic mass is 32.1. The molecule has 0 bridgehead atoms. The van der Waals surface area contributed by atoms with Crippen molar-refractivity contribution in [3.8, 4) is 0 Å². The second-order valence-electron chi connectivity index (χ2n) is 5.27. The van der Waals surface area contributed by atoms with E-state index in [4.69, 9.17) is 15.2 Å². The van der Waals surface area contributed by atoms with Gasteiger partial charge in [0.15, 0.2) is 0 Å². The maximum absolute atomic E-state index is 12.6. The second kappa shape index (κ2) is 8.48. The van der Waals surface area contributed by atoms with Crippen LogP contribution < -0.4 is 11.1 Å². The van der Waals surface area contributed by atoms with E-state index in [1.165, 1.54) is 6.07 Å². The lowest BCUT2D eigenvalue weighted by molar-refractivity contribution is 0.0517. The Bertz CT molecular complexity index is 844. The molecule has 0 aliphatic rings. The molecule has 2 rings (SSSR count). The summed E-state index contributed by atoms with van der Waals surface area (Å²) in [4.78, 5) is 36.6. The molecule has 0 radical (unpaired) electrons. The van der Waals surface area contributed by atoms with E-state index in [-0.39, 0.29) is 23.8 Å². The van der Waals surface area contributed by atoms with Gasteiger partial charge in [0.1, 0.15) is 5.00 Å². The van der Waals surface area contributed by atoms with E-state index in [9.17, 15) is 14.4 Å². The number of carbonyl (C=O) groups is 3. The lowest BCUT2D eigenvalue weighted by Crippen LogP contribution is -2.13. The van der Waals surface area contributed by atoms with E-state index in [2.05, 4.69) is 5.32 Å². The number of carbonyl (C=O) groups excluding carboxylic acids is 3. The molecule has 0 unspecified atom stereocenters. The van der Waals surface area contributed by atoms with Crippen LogP contribution >= 0.6 is 11.3 Å². The number of thiophene rings is 1. The summed E-state index contributed by atoms with van der Waals surface area (Å²) < 4.78 is 9.91. The summed E-state index contributed by atoms with van der Waals surface area (Å²) in [5, 5.41) is 2.93. The topological polar surface area (TPSA) is 108 Å². The van der Waals surface area contributed by atoms with Crippen molar-refractivity contribution >= 4 is 39.9 Å². The van der Waals surface area contributed by atoms with Crippen LogP contribution in [-0.2, 0) is 9.47 Å². The van der Waals surface area contributed by atoms with E-state index in [1.807, 2.05) is 0 Å². The van der Waals surface area contributed by atoms with Crippen molar-refractivity contribution in [3.63, 3.8) is 0 Å². The van der Waals surface area contributed by atoms with Crippen LogP contribution in [0.25, 0.3) is 0 Å². The summed E-state index contributed by atoms with van der Waals surface area (Å²) in [6, 6.07) is 6.41. The summed E-state index contributed by atoms with van der Waals surface area (Å²) >= 11 is 1.01. The maximum Gasteiger partial charge on any atom is 0.341 e. The number of amides is 1. The Hall–Kier alpha value is -2.87. The average molecular weight is 376 g/mol. The van der Waals surface area contributed by atoms with E-state index >= 15 is 0 Å². The second-order valence-corrected chi connectivity index (χ2v) is 6.32. The zero-order valence-electron chi connectivity index (χ0n) is 14.8. The summed E-state index contributed by atoms with van der Waals surface area (Å²) in [6.07, 6.45) is 0. The number of esters is 2. The fraction of sp³-hybridized carbons (Fsp3) is 0.278. The van der Waals surface area contributed by atoms with Crippen molar-refractivity contribution in [2.24, 2.45) is 0 Å². The fourth-order valence-corrected chi connectivity index (χ4v) is 3.29. The first kappa shape index (κ1) is 19.5. The highest BCUT2D eigenvalue weighted by Crippen LogP contribution is 2.31. The van der Waals surface area contributed by atoms with Gasteiger partial charge in [0.05, 0.1) is 29.2 Å². The molecule has 0 saturated carbocycles. The van der Waals surface area contributed by atoms with Crippen molar-refractivity contribution in [1.29, 1.82) is 0 Å². The molecule has 0 aliphatic carbocycles. The summed E-state index contributed by atoms with van der Waals surface area (Å²) in [5.74, 6) is -1.44. The Balaban J connectivity index is 2.23.